The Morgan fingerprint density at radius 3 is 2.61 bits per heavy atom. The number of hydrogen-bond donors (Lipinski definition) is 2. The van der Waals surface area contributed by atoms with Crippen molar-refractivity contribution in [3.05, 3.63) is 41.6 Å². The number of carbonyl (C=O) groups is 1. The van der Waals surface area contributed by atoms with Gasteiger partial charge in [0.2, 0.25) is 0 Å². The molecule has 1 atom stereocenters. The van der Waals surface area contributed by atoms with Crippen LogP contribution in [0.25, 0.3) is 0 Å². The van der Waals surface area contributed by atoms with Gasteiger partial charge in [0, 0.05) is 32.4 Å². The van der Waals surface area contributed by atoms with Crippen LogP contribution in [0.5, 0.6) is 5.75 Å². The zero-order valence-electron chi connectivity index (χ0n) is 13.5. The predicted molar refractivity (Wildman–Crippen MR) is 87.7 cm³/mol. The third-order valence-electron chi connectivity index (χ3n) is 3.79. The van der Waals surface area contributed by atoms with Crippen LogP contribution in [0.2, 0.25) is 0 Å². The molecule has 0 aromatic heterocycles. The van der Waals surface area contributed by atoms with Gasteiger partial charge in [-0.25, -0.2) is 0 Å². The maximum Gasteiger partial charge on any atom is 0.263 e. The quantitative estimate of drug-likeness (QED) is 0.630. The topological polar surface area (TPSA) is 77.4 Å². The van der Waals surface area contributed by atoms with E-state index in [1.807, 2.05) is 42.2 Å². The molecule has 0 spiro atoms. The first-order valence-corrected chi connectivity index (χ1v) is 7.65. The number of nitrogens with zero attached hydrogens (tertiary/aromatic N) is 2. The van der Waals surface area contributed by atoms with Crippen LogP contribution >= 0.6 is 0 Å². The highest BCUT2D eigenvalue weighted by molar-refractivity contribution is 5.97. The van der Waals surface area contributed by atoms with Crippen LogP contribution < -0.4 is 15.4 Å². The summed E-state index contributed by atoms with van der Waals surface area (Å²) >= 11 is 0. The molecule has 1 aliphatic rings. The lowest BCUT2D eigenvalue weighted by Crippen LogP contribution is -2.41. The molecule has 1 fully saturated rings. The zero-order chi connectivity index (χ0) is 16.7. The number of methoxy groups -OCH3 is 1. The number of ether oxygens (including phenoxy) is 1. The molecule has 1 amide bonds. The minimum absolute atomic E-state index is 0.132. The average Bonchev–Trinajstić information content (AvgIpc) is 2.60. The van der Waals surface area contributed by atoms with E-state index in [1.54, 1.807) is 13.3 Å². The van der Waals surface area contributed by atoms with Gasteiger partial charge in [-0.3, -0.25) is 4.79 Å². The molecule has 6 heteroatoms. The lowest BCUT2D eigenvalue weighted by atomic mass is 10.1. The Labute approximate surface area is 136 Å². The Hall–Kier alpha value is -2.52. The van der Waals surface area contributed by atoms with Crippen LogP contribution in [0.4, 0.5) is 0 Å². The second kappa shape index (κ2) is 8.20. The summed E-state index contributed by atoms with van der Waals surface area (Å²) in [7, 11) is 1.61. The molecule has 1 aromatic carbocycles. The van der Waals surface area contributed by atoms with Crippen LogP contribution in [0.15, 0.2) is 36.0 Å². The molecular formula is C17H22N4O2. The molecule has 0 saturated carbocycles. The summed E-state index contributed by atoms with van der Waals surface area (Å²) in [6.07, 6.45) is 1.65. The summed E-state index contributed by atoms with van der Waals surface area (Å²) in [6.45, 7) is 5.21. The van der Waals surface area contributed by atoms with Gasteiger partial charge >= 0.3 is 0 Å². The van der Waals surface area contributed by atoms with Gasteiger partial charge in [-0.2, -0.15) is 5.26 Å². The van der Waals surface area contributed by atoms with Crippen LogP contribution in [-0.4, -0.2) is 44.1 Å². The van der Waals surface area contributed by atoms with Crippen molar-refractivity contribution >= 4 is 5.91 Å². The maximum absolute atomic E-state index is 12.3. The average molecular weight is 314 g/mol. The molecule has 1 saturated heterocycles. The summed E-state index contributed by atoms with van der Waals surface area (Å²) in [4.78, 5) is 14.3. The van der Waals surface area contributed by atoms with Gasteiger partial charge in [-0.15, -0.1) is 0 Å². The van der Waals surface area contributed by atoms with Crippen molar-refractivity contribution < 1.29 is 9.53 Å². The molecule has 6 nitrogen and oxygen atoms in total. The molecule has 23 heavy (non-hydrogen) atoms. The number of piperazine rings is 1. The number of amides is 1. The fourth-order valence-corrected chi connectivity index (χ4v) is 2.38. The molecule has 0 radical (unpaired) electrons. The normalized spacial score (nSPS) is 16.4. The van der Waals surface area contributed by atoms with E-state index >= 15 is 0 Å². The standard InChI is InChI=1S/C17H22N4O2/c1-13(14-3-5-16(23-2)6-4-14)20-17(22)15(11-18)12-21-9-7-19-8-10-21/h3-6,12-13,19H,7-10H2,1-2H3,(H,20,22)/b15-12-. The van der Waals surface area contributed by atoms with Gasteiger partial charge in [0.05, 0.1) is 13.2 Å². The molecule has 0 bridgehead atoms. The monoisotopic (exact) mass is 314 g/mol. The summed E-state index contributed by atoms with van der Waals surface area (Å²) < 4.78 is 5.12. The van der Waals surface area contributed by atoms with Crippen molar-refractivity contribution in [2.75, 3.05) is 33.3 Å². The number of nitrogens with one attached hydrogen (secondary N) is 2. The Bertz CT molecular complexity index is 598. The molecule has 1 unspecified atom stereocenters. The molecule has 1 heterocycles. The Morgan fingerprint density at radius 2 is 2.04 bits per heavy atom. The fraction of sp³-hybridized carbons (Fsp3) is 0.412. The van der Waals surface area contributed by atoms with Crippen molar-refractivity contribution in [2.45, 2.75) is 13.0 Å². The van der Waals surface area contributed by atoms with Crippen LogP contribution in [0, 0.1) is 11.3 Å². The SMILES string of the molecule is COc1ccc(C(C)NC(=O)/C(C#N)=C\N2CCNCC2)cc1. The van der Waals surface area contributed by atoms with Gasteiger partial charge in [0.25, 0.3) is 5.91 Å². The van der Waals surface area contributed by atoms with Gasteiger partial charge in [-0.1, -0.05) is 12.1 Å². The highest BCUT2D eigenvalue weighted by Crippen LogP contribution is 2.17. The van der Waals surface area contributed by atoms with Gasteiger partial charge < -0.3 is 20.3 Å². The van der Waals surface area contributed by atoms with Crippen molar-refractivity contribution in [1.82, 2.24) is 15.5 Å². The largest absolute Gasteiger partial charge is 0.497 e. The molecule has 2 N–H and O–H groups in total. The maximum atomic E-state index is 12.3. The van der Waals surface area contributed by atoms with Crippen LogP contribution in [-0.2, 0) is 4.79 Å². The molecule has 0 aliphatic carbocycles. The highest BCUT2D eigenvalue weighted by atomic mass is 16.5. The highest BCUT2D eigenvalue weighted by Gasteiger charge is 2.16. The lowest BCUT2D eigenvalue weighted by molar-refractivity contribution is -0.117. The number of carbonyl (C=O) groups excluding carboxylic acids is 1. The van der Waals surface area contributed by atoms with E-state index in [2.05, 4.69) is 10.6 Å². The van der Waals surface area contributed by atoms with E-state index in [-0.39, 0.29) is 17.5 Å². The smallest absolute Gasteiger partial charge is 0.263 e. The Morgan fingerprint density at radius 1 is 1.39 bits per heavy atom. The molecule has 2 rings (SSSR count). The second-order valence-corrected chi connectivity index (χ2v) is 5.41. The lowest BCUT2D eigenvalue weighted by Gasteiger charge is -2.26. The van der Waals surface area contributed by atoms with Crippen LogP contribution in [0.1, 0.15) is 18.5 Å². The number of benzene rings is 1. The van der Waals surface area contributed by atoms with E-state index in [4.69, 9.17) is 4.74 Å². The number of nitriles is 1. The summed E-state index contributed by atoms with van der Waals surface area (Å²) in [6, 6.07) is 9.30. The minimum atomic E-state index is -0.352. The Kier molecular flexibility index (Phi) is 6.01. The third-order valence-corrected chi connectivity index (χ3v) is 3.79. The van der Waals surface area contributed by atoms with Crippen molar-refractivity contribution in [2.24, 2.45) is 0 Å². The second-order valence-electron chi connectivity index (χ2n) is 5.41. The molecule has 1 aliphatic heterocycles. The predicted octanol–water partition coefficient (Wildman–Crippen LogP) is 1.19. The number of rotatable bonds is 5. The van der Waals surface area contributed by atoms with E-state index in [1.165, 1.54) is 0 Å². The van der Waals surface area contributed by atoms with Crippen molar-refractivity contribution in [1.29, 1.82) is 5.26 Å². The van der Waals surface area contributed by atoms with Crippen molar-refractivity contribution in [3.63, 3.8) is 0 Å². The first-order chi connectivity index (χ1) is 11.1. The Balaban J connectivity index is 2.00. The first kappa shape index (κ1) is 16.8. The van der Waals surface area contributed by atoms with Gasteiger partial charge in [-0.05, 0) is 24.6 Å². The molecule has 1 aromatic rings. The van der Waals surface area contributed by atoms with E-state index < -0.39 is 0 Å². The molecule has 122 valence electrons. The fourth-order valence-electron chi connectivity index (χ4n) is 2.38. The van der Waals surface area contributed by atoms with E-state index in [9.17, 15) is 10.1 Å². The minimum Gasteiger partial charge on any atom is -0.497 e. The van der Waals surface area contributed by atoms with Crippen molar-refractivity contribution in [3.8, 4) is 11.8 Å². The summed E-state index contributed by atoms with van der Waals surface area (Å²) in [5.41, 5.74) is 1.09. The van der Waals surface area contributed by atoms with Crippen LogP contribution in [0.3, 0.4) is 0 Å². The van der Waals surface area contributed by atoms with E-state index in [0.29, 0.717) is 0 Å². The first-order valence-electron chi connectivity index (χ1n) is 7.65. The molecular weight excluding hydrogens is 292 g/mol. The van der Waals surface area contributed by atoms with Gasteiger partial charge in [0.1, 0.15) is 17.4 Å². The zero-order valence-corrected chi connectivity index (χ0v) is 13.5. The van der Waals surface area contributed by atoms with E-state index in [0.717, 1.165) is 37.5 Å². The summed E-state index contributed by atoms with van der Waals surface area (Å²) in [5, 5.41) is 15.3. The summed E-state index contributed by atoms with van der Waals surface area (Å²) in [5.74, 6) is 0.415. The third kappa shape index (κ3) is 4.73. The number of hydrogen-bond acceptors (Lipinski definition) is 5. The van der Waals surface area contributed by atoms with Gasteiger partial charge in [0.15, 0.2) is 0 Å².